The first-order valence-corrected chi connectivity index (χ1v) is 8.00. The molecule has 0 saturated heterocycles. The number of nitrogens with one attached hydrogen (secondary N) is 1. The van der Waals surface area contributed by atoms with Crippen LogP contribution in [0.15, 0.2) is 45.9 Å². The van der Waals surface area contributed by atoms with Crippen LogP contribution in [0.1, 0.15) is 11.5 Å². The fourth-order valence-corrected chi connectivity index (χ4v) is 3.05. The van der Waals surface area contributed by atoms with Crippen LogP contribution in [0, 0.1) is 0 Å². The van der Waals surface area contributed by atoms with Crippen LogP contribution in [-0.2, 0) is 11.9 Å². The molecule has 2 aromatic heterocycles. The molecule has 3 aromatic rings. The molecule has 0 saturated carbocycles. The lowest BCUT2D eigenvalue weighted by atomic mass is 10.3. The molecule has 0 unspecified atom stereocenters. The molecule has 0 aliphatic heterocycles. The SMILES string of the molecule is FC(F)(F)c1cc(SCc2nc3cc(Br)ccc3[nH]2)ccn1. The summed E-state index contributed by atoms with van der Waals surface area (Å²) < 4.78 is 38.8. The van der Waals surface area contributed by atoms with Crippen molar-refractivity contribution in [2.45, 2.75) is 16.8 Å². The molecule has 1 N–H and O–H groups in total. The minimum atomic E-state index is -4.43. The summed E-state index contributed by atoms with van der Waals surface area (Å²) in [6.07, 6.45) is -3.26. The molecule has 0 aliphatic carbocycles. The number of aromatic amines is 1. The van der Waals surface area contributed by atoms with Crippen molar-refractivity contribution in [3.8, 4) is 0 Å². The first kappa shape index (κ1) is 15.4. The van der Waals surface area contributed by atoms with Crippen molar-refractivity contribution >= 4 is 38.7 Å². The molecule has 3 rings (SSSR count). The second-order valence-electron chi connectivity index (χ2n) is 4.51. The summed E-state index contributed by atoms with van der Waals surface area (Å²) in [5.74, 6) is 1.16. The summed E-state index contributed by atoms with van der Waals surface area (Å²) in [6, 6.07) is 8.28. The van der Waals surface area contributed by atoms with Gasteiger partial charge in [0.05, 0.1) is 16.8 Å². The number of hydrogen-bond acceptors (Lipinski definition) is 3. The van der Waals surface area contributed by atoms with Crippen molar-refractivity contribution in [3.05, 3.63) is 52.5 Å². The highest BCUT2D eigenvalue weighted by Gasteiger charge is 2.32. The fourth-order valence-electron chi connectivity index (χ4n) is 1.91. The van der Waals surface area contributed by atoms with Crippen LogP contribution >= 0.6 is 27.7 Å². The smallest absolute Gasteiger partial charge is 0.341 e. The van der Waals surface area contributed by atoms with E-state index in [1.165, 1.54) is 18.0 Å². The second-order valence-corrected chi connectivity index (χ2v) is 6.47. The van der Waals surface area contributed by atoms with Crippen molar-refractivity contribution in [1.82, 2.24) is 15.0 Å². The maximum Gasteiger partial charge on any atom is 0.433 e. The van der Waals surface area contributed by atoms with E-state index in [1.807, 2.05) is 18.2 Å². The summed E-state index contributed by atoms with van der Waals surface area (Å²) in [7, 11) is 0. The van der Waals surface area contributed by atoms with E-state index in [-0.39, 0.29) is 0 Å². The number of alkyl halides is 3. The fraction of sp³-hybridized carbons (Fsp3) is 0.143. The minimum Gasteiger partial charge on any atom is -0.341 e. The number of hydrogen-bond donors (Lipinski definition) is 1. The molecule has 114 valence electrons. The van der Waals surface area contributed by atoms with E-state index in [4.69, 9.17) is 0 Å². The Bertz CT molecular complexity index is 816. The normalized spacial score (nSPS) is 12.0. The largest absolute Gasteiger partial charge is 0.433 e. The van der Waals surface area contributed by atoms with Crippen LogP contribution in [0.5, 0.6) is 0 Å². The van der Waals surface area contributed by atoms with Gasteiger partial charge in [-0.1, -0.05) is 15.9 Å². The van der Waals surface area contributed by atoms with E-state index in [9.17, 15) is 13.2 Å². The van der Waals surface area contributed by atoms with Gasteiger partial charge in [0, 0.05) is 15.6 Å². The van der Waals surface area contributed by atoms with E-state index in [0.29, 0.717) is 16.5 Å². The lowest BCUT2D eigenvalue weighted by Gasteiger charge is -2.06. The van der Waals surface area contributed by atoms with Crippen LogP contribution in [0.25, 0.3) is 11.0 Å². The molecule has 8 heteroatoms. The molecule has 0 spiro atoms. The number of H-pyrrole nitrogens is 1. The minimum absolute atomic E-state index is 0.452. The van der Waals surface area contributed by atoms with Gasteiger partial charge in [0.1, 0.15) is 11.5 Å². The molecule has 1 aromatic carbocycles. The van der Waals surface area contributed by atoms with Gasteiger partial charge >= 0.3 is 6.18 Å². The number of halogens is 4. The molecule has 0 radical (unpaired) electrons. The molecule has 2 heterocycles. The second kappa shape index (κ2) is 5.92. The highest BCUT2D eigenvalue weighted by Crippen LogP contribution is 2.31. The van der Waals surface area contributed by atoms with Gasteiger partial charge in [-0.15, -0.1) is 11.8 Å². The van der Waals surface area contributed by atoms with E-state index < -0.39 is 11.9 Å². The van der Waals surface area contributed by atoms with Gasteiger partial charge in [-0.25, -0.2) is 4.98 Å². The van der Waals surface area contributed by atoms with Gasteiger partial charge in [0.15, 0.2) is 0 Å². The number of pyridine rings is 1. The van der Waals surface area contributed by atoms with Gasteiger partial charge in [-0.05, 0) is 30.3 Å². The Hall–Kier alpha value is -1.54. The van der Waals surface area contributed by atoms with Crippen LogP contribution in [0.4, 0.5) is 13.2 Å². The molecule has 3 nitrogen and oxygen atoms in total. The Balaban J connectivity index is 1.76. The van der Waals surface area contributed by atoms with Crippen molar-refractivity contribution in [3.63, 3.8) is 0 Å². The highest BCUT2D eigenvalue weighted by atomic mass is 79.9. The topological polar surface area (TPSA) is 41.6 Å². The zero-order valence-electron chi connectivity index (χ0n) is 11.0. The summed E-state index contributed by atoms with van der Waals surface area (Å²) in [4.78, 5) is 11.4. The molecular formula is C14H9BrF3N3S. The van der Waals surface area contributed by atoms with Crippen molar-refractivity contribution in [1.29, 1.82) is 0 Å². The highest BCUT2D eigenvalue weighted by molar-refractivity contribution is 9.10. The number of thioether (sulfide) groups is 1. The number of imidazole rings is 1. The lowest BCUT2D eigenvalue weighted by Crippen LogP contribution is -2.07. The molecular weight excluding hydrogens is 379 g/mol. The van der Waals surface area contributed by atoms with Crippen LogP contribution < -0.4 is 0 Å². The molecule has 0 aliphatic rings. The summed E-state index contributed by atoms with van der Waals surface area (Å²) >= 11 is 4.65. The van der Waals surface area contributed by atoms with Gasteiger partial charge in [0.2, 0.25) is 0 Å². The predicted octanol–water partition coefficient (Wildman–Crippen LogP) is 5.03. The molecule has 0 fully saturated rings. The van der Waals surface area contributed by atoms with Crippen molar-refractivity contribution < 1.29 is 13.2 Å². The Morgan fingerprint density at radius 3 is 2.77 bits per heavy atom. The first-order chi connectivity index (χ1) is 10.4. The van der Waals surface area contributed by atoms with E-state index in [2.05, 4.69) is 30.9 Å². The Morgan fingerprint density at radius 2 is 2.00 bits per heavy atom. The summed E-state index contributed by atoms with van der Waals surface area (Å²) in [5.41, 5.74) is 0.825. The van der Waals surface area contributed by atoms with E-state index in [1.54, 1.807) is 6.07 Å². The molecule has 0 atom stereocenters. The summed E-state index contributed by atoms with van der Waals surface area (Å²) in [5, 5.41) is 0. The van der Waals surface area contributed by atoms with Crippen LogP contribution in [-0.4, -0.2) is 15.0 Å². The molecule has 0 amide bonds. The zero-order chi connectivity index (χ0) is 15.7. The lowest BCUT2D eigenvalue weighted by molar-refractivity contribution is -0.141. The average molecular weight is 388 g/mol. The van der Waals surface area contributed by atoms with E-state index >= 15 is 0 Å². The zero-order valence-corrected chi connectivity index (χ0v) is 13.4. The van der Waals surface area contributed by atoms with Gasteiger partial charge < -0.3 is 4.98 Å². The third-order valence-corrected chi connectivity index (χ3v) is 4.39. The third-order valence-electron chi connectivity index (χ3n) is 2.89. The summed E-state index contributed by atoms with van der Waals surface area (Å²) in [6.45, 7) is 0. The first-order valence-electron chi connectivity index (χ1n) is 6.22. The quantitative estimate of drug-likeness (QED) is 0.640. The van der Waals surface area contributed by atoms with Crippen molar-refractivity contribution in [2.75, 3.05) is 0 Å². The predicted molar refractivity (Wildman–Crippen MR) is 82.6 cm³/mol. The average Bonchev–Trinajstić information content (AvgIpc) is 2.86. The Labute approximate surface area is 136 Å². The standard InChI is InChI=1S/C14H9BrF3N3S/c15-8-1-2-10-11(5-8)21-13(20-10)7-22-9-3-4-19-12(6-9)14(16,17)18/h1-6H,7H2,(H,20,21). The van der Waals surface area contributed by atoms with E-state index in [0.717, 1.165) is 21.6 Å². The number of nitrogens with zero attached hydrogens (tertiary/aromatic N) is 2. The molecule has 22 heavy (non-hydrogen) atoms. The number of aromatic nitrogens is 3. The van der Waals surface area contributed by atoms with Gasteiger partial charge in [-0.2, -0.15) is 13.2 Å². The van der Waals surface area contributed by atoms with Gasteiger partial charge in [0.25, 0.3) is 0 Å². The number of rotatable bonds is 3. The monoisotopic (exact) mass is 387 g/mol. The molecule has 0 bridgehead atoms. The maximum absolute atomic E-state index is 12.6. The third kappa shape index (κ3) is 3.44. The number of benzene rings is 1. The van der Waals surface area contributed by atoms with Crippen LogP contribution in [0.3, 0.4) is 0 Å². The van der Waals surface area contributed by atoms with Gasteiger partial charge in [-0.3, -0.25) is 4.98 Å². The maximum atomic E-state index is 12.6. The number of fused-ring (bicyclic) bond motifs is 1. The Kier molecular flexibility index (Phi) is 4.14. The van der Waals surface area contributed by atoms with Crippen LogP contribution in [0.2, 0.25) is 0 Å². The van der Waals surface area contributed by atoms with Crippen molar-refractivity contribution in [2.24, 2.45) is 0 Å². The Morgan fingerprint density at radius 1 is 1.18 bits per heavy atom.